The van der Waals surface area contributed by atoms with E-state index in [9.17, 15) is 5.26 Å². The maximum atomic E-state index is 10.1. The van der Waals surface area contributed by atoms with Crippen molar-refractivity contribution in [3.63, 3.8) is 0 Å². The van der Waals surface area contributed by atoms with Crippen molar-refractivity contribution in [3.8, 4) is 6.07 Å². The molecule has 0 spiro atoms. The van der Waals surface area contributed by atoms with Gasteiger partial charge in [-0.1, -0.05) is 0 Å². The predicted molar refractivity (Wildman–Crippen MR) is 140 cm³/mol. The molecule has 0 radical (unpaired) electrons. The molecule has 0 bridgehead atoms. The summed E-state index contributed by atoms with van der Waals surface area (Å²) in [7, 11) is 0. The minimum atomic E-state index is -0.114. The second-order valence-electron chi connectivity index (χ2n) is 8.26. The number of nitrogens with zero attached hydrogens (tertiary/aromatic N) is 4. The zero-order valence-electron chi connectivity index (χ0n) is 18.4. The van der Waals surface area contributed by atoms with E-state index in [1.54, 1.807) is 0 Å². The number of rotatable bonds is 2. The molecule has 2 heterocycles. The van der Waals surface area contributed by atoms with Crippen molar-refractivity contribution in [1.82, 2.24) is 0 Å². The Kier molecular flexibility index (Phi) is 5.00. The van der Waals surface area contributed by atoms with Crippen LogP contribution in [0.15, 0.2) is 70.6 Å². The maximum absolute atomic E-state index is 10.1. The molecule has 0 atom stereocenters. The van der Waals surface area contributed by atoms with Crippen LogP contribution < -0.4 is 8.92 Å². The number of aryl methyl sites for hydroxylation is 2. The van der Waals surface area contributed by atoms with Crippen molar-refractivity contribution >= 4 is 75.9 Å². The molecule has 0 saturated carbocycles. The van der Waals surface area contributed by atoms with Gasteiger partial charge in [-0.2, -0.15) is 0 Å². The molecule has 4 aromatic carbocycles. The van der Waals surface area contributed by atoms with Crippen LogP contribution in [0.2, 0.25) is 0 Å². The summed E-state index contributed by atoms with van der Waals surface area (Å²) in [5.41, 5.74) is 7.40. The summed E-state index contributed by atoms with van der Waals surface area (Å²) in [5, 5.41) is 12.1. The van der Waals surface area contributed by atoms with Gasteiger partial charge in [0.25, 0.3) is 0 Å². The molecule has 0 saturated heterocycles. The predicted octanol–water partition coefficient (Wildman–Crippen LogP) is 4.72. The monoisotopic (exact) mass is 568 g/mol. The number of benzene rings is 4. The van der Waals surface area contributed by atoms with Crippen molar-refractivity contribution in [3.05, 3.63) is 99.9 Å². The second-order valence-corrected chi connectivity index (χ2v) is 12.5. The van der Waals surface area contributed by atoms with E-state index in [4.69, 9.17) is 16.6 Å². The molecule has 4 nitrogen and oxygen atoms in total. The van der Waals surface area contributed by atoms with Crippen LogP contribution in [-0.2, 0) is 0 Å². The molecule has 160 valence electrons. The molecule has 2 aliphatic heterocycles. The fourth-order valence-electron chi connectivity index (χ4n) is 4.17. The van der Waals surface area contributed by atoms with E-state index >= 15 is 0 Å². The zero-order valence-corrected chi connectivity index (χ0v) is 21.8. The number of nitriles is 1. The Labute approximate surface area is 210 Å². The Hall–Kier alpha value is -3.50. The molecule has 34 heavy (non-hydrogen) atoms. The fraction of sp³-hybridized carbons (Fsp3) is 0.0714. The Bertz CT molecular complexity index is 1540. The van der Waals surface area contributed by atoms with Gasteiger partial charge in [-0.15, -0.1) is 0 Å². The van der Waals surface area contributed by atoms with Crippen molar-refractivity contribution in [2.75, 3.05) is 0 Å². The van der Waals surface area contributed by atoms with E-state index in [0.717, 1.165) is 51.4 Å². The average Bonchev–Trinajstić information content (AvgIpc) is 2.86. The van der Waals surface area contributed by atoms with Crippen molar-refractivity contribution in [2.24, 2.45) is 9.98 Å². The average molecular weight is 566 g/mol. The van der Waals surface area contributed by atoms with Crippen molar-refractivity contribution in [2.45, 2.75) is 13.8 Å². The SMILES string of the molecule is [C-]#[N+]c1cc2c3c(c(C#N)cc4c3c1[Se]C(c1ccc(C)cc1)=N4)[Se]C(c1ccc(C)cc1)=N2. The van der Waals surface area contributed by atoms with E-state index in [0.29, 0.717) is 11.3 Å². The molecule has 4 aromatic rings. The molecular formula is C28H16N4Se2. The number of aliphatic imine (C=N–C) groups is 2. The molecule has 2 aliphatic rings. The van der Waals surface area contributed by atoms with Crippen LogP contribution in [0.1, 0.15) is 27.8 Å². The molecule has 6 heteroatoms. The van der Waals surface area contributed by atoms with Gasteiger partial charge in [0, 0.05) is 0 Å². The second kappa shape index (κ2) is 8.07. The van der Waals surface area contributed by atoms with Crippen LogP contribution in [0.4, 0.5) is 17.1 Å². The summed E-state index contributed by atoms with van der Waals surface area (Å²) >= 11 is -0.225. The van der Waals surface area contributed by atoms with E-state index in [1.807, 2.05) is 12.1 Å². The summed E-state index contributed by atoms with van der Waals surface area (Å²) in [4.78, 5) is 14.0. The van der Waals surface area contributed by atoms with Gasteiger partial charge < -0.3 is 0 Å². The van der Waals surface area contributed by atoms with E-state index in [1.165, 1.54) is 11.1 Å². The standard InChI is InChI=1S/C28H16N4Se2/c1-15-4-8-17(9-5-15)27-32-21-13-22(30-3)26-24-20(12-19(14-29)25(33-27)23(21)24)31-28(34-26)18-10-6-16(2)7-11-18/h4-13H,1-2H3. The van der Waals surface area contributed by atoms with E-state index in [2.05, 4.69) is 73.3 Å². The van der Waals surface area contributed by atoms with Crippen LogP contribution >= 0.6 is 0 Å². The quantitative estimate of drug-likeness (QED) is 0.256. The van der Waals surface area contributed by atoms with Crippen LogP contribution in [0, 0.1) is 31.8 Å². The third kappa shape index (κ3) is 3.33. The molecule has 0 aliphatic carbocycles. The summed E-state index contributed by atoms with van der Waals surface area (Å²) in [5.74, 6) is 0. The van der Waals surface area contributed by atoms with E-state index < -0.39 is 0 Å². The first kappa shape index (κ1) is 21.1. The molecule has 0 fully saturated rings. The third-order valence-corrected chi connectivity index (χ3v) is 10.7. The van der Waals surface area contributed by atoms with Gasteiger partial charge in [-0.25, -0.2) is 0 Å². The molecule has 6 rings (SSSR count). The Balaban J connectivity index is 1.63. The van der Waals surface area contributed by atoms with Crippen LogP contribution in [0.3, 0.4) is 0 Å². The molecule has 0 amide bonds. The van der Waals surface area contributed by atoms with Crippen molar-refractivity contribution in [1.29, 1.82) is 5.26 Å². The van der Waals surface area contributed by atoms with Crippen LogP contribution in [-0.4, -0.2) is 39.1 Å². The summed E-state index contributed by atoms with van der Waals surface area (Å²) in [6.07, 6.45) is 0. The summed E-state index contributed by atoms with van der Waals surface area (Å²) in [6.45, 7) is 12.0. The normalized spacial score (nSPS) is 13.6. The number of hydrogen-bond acceptors (Lipinski definition) is 3. The summed E-state index contributed by atoms with van der Waals surface area (Å²) in [6, 6.07) is 23.0. The molecule has 0 unspecified atom stereocenters. The van der Waals surface area contributed by atoms with Gasteiger partial charge in [0.15, 0.2) is 0 Å². The van der Waals surface area contributed by atoms with Gasteiger partial charge in [-0.3, -0.25) is 0 Å². The third-order valence-electron chi connectivity index (χ3n) is 5.93. The molecular weight excluding hydrogens is 550 g/mol. The minimum absolute atomic E-state index is 0.111. The van der Waals surface area contributed by atoms with Gasteiger partial charge in [0.05, 0.1) is 0 Å². The Morgan fingerprint density at radius 1 is 0.765 bits per heavy atom. The number of hydrogen-bond donors (Lipinski definition) is 0. The van der Waals surface area contributed by atoms with Crippen LogP contribution in [0.25, 0.3) is 15.6 Å². The molecule has 0 aromatic heterocycles. The first-order valence-electron chi connectivity index (χ1n) is 10.7. The first-order chi connectivity index (χ1) is 16.6. The Morgan fingerprint density at radius 2 is 1.26 bits per heavy atom. The van der Waals surface area contributed by atoms with E-state index in [-0.39, 0.29) is 29.9 Å². The van der Waals surface area contributed by atoms with Gasteiger partial charge in [-0.05, 0) is 0 Å². The zero-order chi connectivity index (χ0) is 23.4. The topological polar surface area (TPSA) is 52.9 Å². The van der Waals surface area contributed by atoms with Crippen LogP contribution in [0.5, 0.6) is 0 Å². The van der Waals surface area contributed by atoms with Gasteiger partial charge in [0.2, 0.25) is 0 Å². The fourth-order valence-corrected chi connectivity index (χ4v) is 8.83. The summed E-state index contributed by atoms with van der Waals surface area (Å²) < 4.78 is 4.08. The van der Waals surface area contributed by atoms with Gasteiger partial charge >= 0.3 is 211 Å². The van der Waals surface area contributed by atoms with Crippen molar-refractivity contribution < 1.29 is 0 Å². The Morgan fingerprint density at radius 3 is 1.79 bits per heavy atom. The first-order valence-corrected chi connectivity index (χ1v) is 14.1. The molecule has 0 N–H and O–H groups in total. The van der Waals surface area contributed by atoms with Gasteiger partial charge in [0.1, 0.15) is 0 Å².